The standard InChI is InChI=1S/C15H24BCl3N2O7S/c1-5-6-14(7-11(2)3,20-29(24,25)26-10-15(17,18)19)16-27-12(22)8-21(4)9-13(23)28-16/h5-6,11,20H,7-10H2,1-4H3/b6-5+. The molecule has 1 aliphatic heterocycles. The molecule has 1 atom stereocenters. The van der Waals surface area contributed by atoms with Gasteiger partial charge in [-0.25, -0.2) is 0 Å². The number of nitrogens with one attached hydrogen (secondary N) is 1. The normalized spacial score (nSPS) is 19.7. The molecule has 1 aliphatic rings. The SMILES string of the molecule is C/C=C/C(CC(C)C)(NS(=O)(=O)OCC(Cl)(Cl)Cl)B1OC(=O)CN(C)CC(=O)O1. The van der Waals surface area contributed by atoms with Crippen LogP contribution in [0.5, 0.6) is 0 Å². The van der Waals surface area contributed by atoms with Crippen molar-refractivity contribution in [2.45, 2.75) is 36.4 Å². The van der Waals surface area contributed by atoms with Crippen LogP contribution in [0.4, 0.5) is 0 Å². The van der Waals surface area contributed by atoms with Crippen LogP contribution in [0.3, 0.4) is 0 Å². The summed E-state index contributed by atoms with van der Waals surface area (Å²) in [5.74, 6) is -1.49. The van der Waals surface area contributed by atoms with Crippen LogP contribution < -0.4 is 4.72 Å². The van der Waals surface area contributed by atoms with E-state index in [9.17, 15) is 18.0 Å². The highest BCUT2D eigenvalue weighted by molar-refractivity contribution is 7.84. The van der Waals surface area contributed by atoms with E-state index in [1.165, 1.54) is 17.1 Å². The van der Waals surface area contributed by atoms with Crippen molar-refractivity contribution in [3.8, 4) is 0 Å². The molecule has 1 heterocycles. The number of rotatable bonds is 8. The van der Waals surface area contributed by atoms with Crippen LogP contribution in [0.2, 0.25) is 0 Å². The van der Waals surface area contributed by atoms with E-state index in [1.54, 1.807) is 14.0 Å². The van der Waals surface area contributed by atoms with E-state index in [2.05, 4.69) is 4.72 Å². The highest BCUT2D eigenvalue weighted by Crippen LogP contribution is 2.29. The summed E-state index contributed by atoms with van der Waals surface area (Å²) in [6.45, 7) is 4.16. The molecule has 0 saturated carbocycles. The molecular weight excluding hydrogens is 469 g/mol. The summed E-state index contributed by atoms with van der Waals surface area (Å²) in [7, 11) is -4.53. The van der Waals surface area contributed by atoms with Crippen molar-refractivity contribution in [1.29, 1.82) is 0 Å². The third-order valence-electron chi connectivity index (χ3n) is 3.60. The maximum Gasteiger partial charge on any atom is 0.625 e. The molecule has 0 aromatic rings. The second kappa shape index (κ2) is 10.7. The number of allylic oxidation sites excluding steroid dienone is 1. The molecule has 9 nitrogen and oxygen atoms in total. The van der Waals surface area contributed by atoms with Gasteiger partial charge in [0.1, 0.15) is 12.0 Å². The van der Waals surface area contributed by atoms with Gasteiger partial charge in [-0.15, -0.1) is 0 Å². The Balaban J connectivity index is 3.32. The van der Waals surface area contributed by atoms with Crippen LogP contribution in [-0.4, -0.2) is 68.3 Å². The van der Waals surface area contributed by atoms with Gasteiger partial charge in [-0.05, 0) is 26.3 Å². The Labute approximate surface area is 186 Å². The molecule has 0 aromatic carbocycles. The topological polar surface area (TPSA) is 111 Å². The first-order chi connectivity index (χ1) is 13.2. The predicted molar refractivity (Wildman–Crippen MR) is 111 cm³/mol. The molecule has 1 fully saturated rings. The molecule has 0 aliphatic carbocycles. The van der Waals surface area contributed by atoms with Gasteiger partial charge in [0, 0.05) is 0 Å². The van der Waals surface area contributed by atoms with Gasteiger partial charge in [0.05, 0.1) is 13.1 Å². The van der Waals surface area contributed by atoms with Crippen molar-refractivity contribution in [2.24, 2.45) is 5.92 Å². The molecule has 29 heavy (non-hydrogen) atoms. The summed E-state index contributed by atoms with van der Waals surface area (Å²) in [6.07, 6.45) is 3.07. The van der Waals surface area contributed by atoms with E-state index < -0.39 is 45.2 Å². The van der Waals surface area contributed by atoms with E-state index in [0.29, 0.717) is 0 Å². The minimum Gasteiger partial charge on any atom is -0.497 e. The van der Waals surface area contributed by atoms with Crippen LogP contribution >= 0.6 is 34.8 Å². The average molecular weight is 494 g/mol. The number of halogens is 3. The number of nitrogens with zero attached hydrogens (tertiary/aromatic N) is 1. The predicted octanol–water partition coefficient (Wildman–Crippen LogP) is 1.63. The minimum atomic E-state index is -4.50. The third kappa shape index (κ3) is 9.41. The second-order valence-corrected chi connectivity index (χ2v) is 10.9. The van der Waals surface area contributed by atoms with Crippen molar-refractivity contribution in [3.63, 3.8) is 0 Å². The summed E-state index contributed by atoms with van der Waals surface area (Å²) in [6, 6.07) is 0. The molecule has 0 amide bonds. The molecule has 14 heteroatoms. The second-order valence-electron chi connectivity index (χ2n) is 7.06. The largest absolute Gasteiger partial charge is 0.625 e. The zero-order valence-corrected chi connectivity index (χ0v) is 19.6. The monoisotopic (exact) mass is 492 g/mol. The molecule has 166 valence electrons. The summed E-state index contributed by atoms with van der Waals surface area (Å²) < 4.78 is 40.7. The number of hydrogen-bond acceptors (Lipinski definition) is 8. The summed E-state index contributed by atoms with van der Waals surface area (Å²) in [5, 5.41) is 0. The Kier molecular flexibility index (Phi) is 9.73. The fourth-order valence-corrected chi connectivity index (χ4v) is 4.25. The minimum absolute atomic E-state index is 0.104. The molecule has 1 unspecified atom stereocenters. The molecule has 0 bridgehead atoms. The highest BCUT2D eigenvalue weighted by Gasteiger charge is 2.53. The van der Waals surface area contributed by atoms with Crippen molar-refractivity contribution in [3.05, 3.63) is 12.2 Å². The highest BCUT2D eigenvalue weighted by atomic mass is 35.6. The zero-order chi connectivity index (χ0) is 22.5. The Morgan fingerprint density at radius 1 is 1.24 bits per heavy atom. The number of carbonyl (C=O) groups is 2. The summed E-state index contributed by atoms with van der Waals surface area (Å²) in [5.41, 5.74) is -1.64. The van der Waals surface area contributed by atoms with E-state index in [4.69, 9.17) is 48.3 Å². The number of hydrogen-bond donors (Lipinski definition) is 1. The lowest BCUT2D eigenvalue weighted by molar-refractivity contribution is -0.146. The Bertz CT molecular complexity index is 710. The van der Waals surface area contributed by atoms with Crippen molar-refractivity contribution < 1.29 is 31.5 Å². The van der Waals surface area contributed by atoms with E-state index in [0.717, 1.165) is 0 Å². The first-order valence-corrected chi connectivity index (χ1v) is 11.2. The van der Waals surface area contributed by atoms with Crippen LogP contribution in [0, 0.1) is 5.92 Å². The van der Waals surface area contributed by atoms with E-state index >= 15 is 0 Å². The fourth-order valence-electron chi connectivity index (χ4n) is 2.79. The van der Waals surface area contributed by atoms with Crippen molar-refractivity contribution in [2.75, 3.05) is 26.7 Å². The smallest absolute Gasteiger partial charge is 0.497 e. The van der Waals surface area contributed by atoms with Gasteiger partial charge in [0.15, 0.2) is 0 Å². The van der Waals surface area contributed by atoms with Gasteiger partial charge in [-0.1, -0.05) is 60.8 Å². The van der Waals surface area contributed by atoms with Gasteiger partial charge in [0.2, 0.25) is 3.79 Å². The Morgan fingerprint density at radius 3 is 2.17 bits per heavy atom. The number of carbonyl (C=O) groups excluding carboxylic acids is 2. The third-order valence-corrected chi connectivity index (χ3v) is 4.98. The van der Waals surface area contributed by atoms with E-state index in [-0.39, 0.29) is 25.4 Å². The molecule has 0 aromatic heterocycles. The van der Waals surface area contributed by atoms with Gasteiger partial charge in [-0.3, -0.25) is 18.7 Å². The molecule has 0 radical (unpaired) electrons. The lowest BCUT2D eigenvalue weighted by Crippen LogP contribution is -2.63. The van der Waals surface area contributed by atoms with Gasteiger partial charge >= 0.3 is 29.4 Å². The summed E-state index contributed by atoms with van der Waals surface area (Å²) >= 11 is 16.7. The number of likely N-dealkylation sites (N-methyl/N-ethyl adjacent to an activating group) is 1. The lowest BCUT2D eigenvalue weighted by Gasteiger charge is -2.36. The maximum atomic E-state index is 12.5. The zero-order valence-electron chi connectivity index (χ0n) is 16.5. The van der Waals surface area contributed by atoms with Crippen LogP contribution in [-0.2, 0) is 33.4 Å². The van der Waals surface area contributed by atoms with Crippen LogP contribution in [0.1, 0.15) is 27.2 Å². The molecule has 0 spiro atoms. The van der Waals surface area contributed by atoms with Gasteiger partial charge < -0.3 is 9.31 Å². The van der Waals surface area contributed by atoms with Crippen LogP contribution in [0.25, 0.3) is 0 Å². The lowest BCUT2D eigenvalue weighted by atomic mass is 9.60. The Morgan fingerprint density at radius 2 is 1.76 bits per heavy atom. The first-order valence-electron chi connectivity index (χ1n) is 8.64. The molecule has 1 saturated heterocycles. The van der Waals surface area contributed by atoms with Crippen molar-refractivity contribution in [1.82, 2.24) is 9.62 Å². The number of alkyl halides is 3. The van der Waals surface area contributed by atoms with Crippen molar-refractivity contribution >= 4 is 64.2 Å². The summed E-state index contributed by atoms with van der Waals surface area (Å²) in [4.78, 5) is 25.8. The molecular formula is C15H24BCl3N2O7S. The quantitative estimate of drug-likeness (QED) is 0.309. The van der Waals surface area contributed by atoms with Gasteiger partial charge in [0.25, 0.3) is 0 Å². The first kappa shape index (κ1) is 26.5. The maximum absolute atomic E-state index is 12.5. The van der Waals surface area contributed by atoms with E-state index in [1.807, 2.05) is 13.8 Å². The Hall–Kier alpha value is -0.555. The average Bonchev–Trinajstić information content (AvgIpc) is 2.49. The van der Waals surface area contributed by atoms with Gasteiger partial charge in [-0.2, -0.15) is 13.1 Å². The molecule has 1 N–H and O–H groups in total. The van der Waals surface area contributed by atoms with Crippen LogP contribution in [0.15, 0.2) is 12.2 Å². The fraction of sp³-hybridized carbons (Fsp3) is 0.733. The molecule has 1 rings (SSSR count).